The summed E-state index contributed by atoms with van der Waals surface area (Å²) in [6.07, 6.45) is 2.63. The highest BCUT2D eigenvalue weighted by molar-refractivity contribution is 7.89. The molecule has 0 spiro atoms. The van der Waals surface area contributed by atoms with Crippen molar-refractivity contribution in [2.24, 2.45) is 0 Å². The van der Waals surface area contributed by atoms with Crippen LogP contribution >= 0.6 is 11.6 Å². The van der Waals surface area contributed by atoms with Gasteiger partial charge in [0.05, 0.1) is 11.6 Å². The first-order valence-electron chi connectivity index (χ1n) is 5.13. The third-order valence-corrected chi connectivity index (χ3v) is 4.13. The highest BCUT2D eigenvalue weighted by atomic mass is 35.5. The average molecular weight is 287 g/mol. The minimum absolute atomic E-state index is 0.0463. The Morgan fingerprint density at radius 1 is 1.39 bits per heavy atom. The largest absolute Gasteiger partial charge is 0.465 e. The van der Waals surface area contributed by atoms with Crippen LogP contribution in [0.15, 0.2) is 39.9 Å². The molecule has 96 valence electrons. The number of halogens is 1. The maximum atomic E-state index is 12.0. The van der Waals surface area contributed by atoms with Gasteiger partial charge in [-0.2, -0.15) is 0 Å². The van der Waals surface area contributed by atoms with Gasteiger partial charge in [0.25, 0.3) is 0 Å². The van der Waals surface area contributed by atoms with E-state index in [1.165, 1.54) is 18.5 Å². The Labute approximate surface area is 110 Å². The molecule has 1 N–H and O–H groups in total. The Hall–Kier alpha value is -1.37. The van der Waals surface area contributed by atoms with Crippen LogP contribution in [-0.4, -0.2) is 13.4 Å². The molecular formula is C11H11ClN2O3S. The van der Waals surface area contributed by atoms with Crippen molar-refractivity contribution in [3.05, 3.63) is 47.1 Å². The monoisotopic (exact) mass is 286 g/mol. The van der Waals surface area contributed by atoms with Gasteiger partial charge in [0.2, 0.25) is 10.0 Å². The standard InChI is InChI=1S/C11H11ClN2O3S/c1-8-2-3-9(17-8)6-14-18(15,16)11-7-13-5-4-10(11)12/h2-5,7,14H,6H2,1H3. The van der Waals surface area contributed by atoms with Crippen molar-refractivity contribution in [2.75, 3.05) is 0 Å². The summed E-state index contributed by atoms with van der Waals surface area (Å²) >= 11 is 5.81. The van der Waals surface area contributed by atoms with E-state index >= 15 is 0 Å². The lowest BCUT2D eigenvalue weighted by atomic mass is 10.4. The molecule has 0 saturated carbocycles. The minimum Gasteiger partial charge on any atom is -0.465 e. The molecule has 2 aromatic heterocycles. The summed E-state index contributed by atoms with van der Waals surface area (Å²) in [7, 11) is -3.68. The molecule has 0 aromatic carbocycles. The summed E-state index contributed by atoms with van der Waals surface area (Å²) < 4.78 is 31.6. The molecule has 0 saturated heterocycles. The summed E-state index contributed by atoms with van der Waals surface area (Å²) in [4.78, 5) is 3.70. The number of nitrogens with one attached hydrogen (secondary N) is 1. The first kappa shape index (κ1) is 13.1. The van der Waals surface area contributed by atoms with Crippen LogP contribution < -0.4 is 4.72 Å². The topological polar surface area (TPSA) is 72.2 Å². The summed E-state index contributed by atoms with van der Waals surface area (Å²) in [6.45, 7) is 1.86. The predicted octanol–water partition coefficient (Wildman–Crippen LogP) is 2.11. The predicted molar refractivity (Wildman–Crippen MR) is 66.7 cm³/mol. The molecule has 0 unspecified atom stereocenters. The van der Waals surface area contributed by atoms with Gasteiger partial charge in [-0.1, -0.05) is 11.6 Å². The first-order chi connectivity index (χ1) is 8.49. The molecule has 0 aliphatic heterocycles. The number of furan rings is 1. The van der Waals surface area contributed by atoms with Gasteiger partial charge in [0, 0.05) is 12.4 Å². The maximum absolute atomic E-state index is 12.0. The van der Waals surface area contributed by atoms with Crippen LogP contribution in [0.3, 0.4) is 0 Å². The van der Waals surface area contributed by atoms with Gasteiger partial charge in [0.1, 0.15) is 16.4 Å². The molecule has 7 heteroatoms. The fourth-order valence-electron chi connectivity index (χ4n) is 1.38. The third-order valence-electron chi connectivity index (χ3n) is 2.26. The number of hydrogen-bond acceptors (Lipinski definition) is 4. The van der Waals surface area contributed by atoms with E-state index in [9.17, 15) is 8.42 Å². The average Bonchev–Trinajstić information content (AvgIpc) is 2.73. The number of nitrogens with zero attached hydrogens (tertiary/aromatic N) is 1. The second kappa shape index (κ2) is 5.09. The second-order valence-corrected chi connectivity index (χ2v) is 5.79. The van der Waals surface area contributed by atoms with Crippen molar-refractivity contribution in [1.82, 2.24) is 9.71 Å². The summed E-state index contributed by atoms with van der Waals surface area (Å²) in [5.41, 5.74) is 0. The van der Waals surface area contributed by atoms with Crippen molar-refractivity contribution < 1.29 is 12.8 Å². The molecule has 0 bridgehead atoms. The minimum atomic E-state index is -3.68. The lowest BCUT2D eigenvalue weighted by molar-refractivity contribution is 0.475. The Kier molecular flexibility index (Phi) is 3.70. The lowest BCUT2D eigenvalue weighted by Crippen LogP contribution is -2.23. The van der Waals surface area contributed by atoms with E-state index in [2.05, 4.69) is 9.71 Å². The van der Waals surface area contributed by atoms with E-state index in [-0.39, 0.29) is 16.5 Å². The second-order valence-electron chi connectivity index (χ2n) is 3.64. The van der Waals surface area contributed by atoms with Gasteiger partial charge in [-0.25, -0.2) is 13.1 Å². The molecule has 0 amide bonds. The van der Waals surface area contributed by atoms with Gasteiger partial charge in [0.15, 0.2) is 0 Å². The fraction of sp³-hybridized carbons (Fsp3) is 0.182. The van der Waals surface area contributed by atoms with Gasteiger partial charge in [-0.3, -0.25) is 4.98 Å². The Bertz CT molecular complexity index is 652. The van der Waals surface area contributed by atoms with E-state index in [0.717, 1.165) is 5.76 Å². The molecule has 2 rings (SSSR count). The summed E-state index contributed by atoms with van der Waals surface area (Å²) in [6, 6.07) is 4.90. The molecule has 2 heterocycles. The summed E-state index contributed by atoms with van der Waals surface area (Å²) in [5, 5.41) is 0.133. The zero-order valence-corrected chi connectivity index (χ0v) is 11.1. The van der Waals surface area contributed by atoms with E-state index in [4.69, 9.17) is 16.0 Å². The van der Waals surface area contributed by atoms with Crippen LogP contribution in [-0.2, 0) is 16.6 Å². The van der Waals surface area contributed by atoms with E-state index < -0.39 is 10.0 Å². The number of aromatic nitrogens is 1. The van der Waals surface area contributed by atoms with Crippen LogP contribution in [0.1, 0.15) is 11.5 Å². The van der Waals surface area contributed by atoms with Crippen LogP contribution in [0.4, 0.5) is 0 Å². The third kappa shape index (κ3) is 2.90. The van der Waals surface area contributed by atoms with Crippen LogP contribution in [0.25, 0.3) is 0 Å². The van der Waals surface area contributed by atoms with Gasteiger partial charge < -0.3 is 4.42 Å². The molecule has 18 heavy (non-hydrogen) atoms. The molecule has 2 aromatic rings. The number of aryl methyl sites for hydroxylation is 1. The van der Waals surface area contributed by atoms with Crippen molar-refractivity contribution in [2.45, 2.75) is 18.4 Å². The number of sulfonamides is 1. The highest BCUT2D eigenvalue weighted by Crippen LogP contribution is 2.19. The van der Waals surface area contributed by atoms with E-state index in [1.54, 1.807) is 19.1 Å². The van der Waals surface area contributed by atoms with E-state index in [1.807, 2.05) is 0 Å². The van der Waals surface area contributed by atoms with Crippen LogP contribution in [0.2, 0.25) is 5.02 Å². The van der Waals surface area contributed by atoms with Crippen molar-refractivity contribution in [3.8, 4) is 0 Å². The zero-order valence-electron chi connectivity index (χ0n) is 9.55. The van der Waals surface area contributed by atoms with Crippen LogP contribution in [0, 0.1) is 6.92 Å². The lowest BCUT2D eigenvalue weighted by Gasteiger charge is -2.06. The van der Waals surface area contributed by atoms with Gasteiger partial charge >= 0.3 is 0 Å². The Balaban J connectivity index is 2.16. The zero-order chi connectivity index (χ0) is 13.2. The highest BCUT2D eigenvalue weighted by Gasteiger charge is 2.18. The van der Waals surface area contributed by atoms with Gasteiger partial charge in [-0.15, -0.1) is 0 Å². The molecular weight excluding hydrogens is 276 g/mol. The van der Waals surface area contributed by atoms with Gasteiger partial charge in [-0.05, 0) is 25.1 Å². The smallest absolute Gasteiger partial charge is 0.244 e. The Morgan fingerprint density at radius 3 is 2.78 bits per heavy atom. The number of hydrogen-bond donors (Lipinski definition) is 1. The quantitative estimate of drug-likeness (QED) is 0.934. The molecule has 0 aliphatic rings. The summed E-state index contributed by atoms with van der Waals surface area (Å²) in [5.74, 6) is 1.26. The van der Waals surface area contributed by atoms with Crippen molar-refractivity contribution in [1.29, 1.82) is 0 Å². The van der Waals surface area contributed by atoms with E-state index in [0.29, 0.717) is 5.76 Å². The molecule has 5 nitrogen and oxygen atoms in total. The maximum Gasteiger partial charge on any atom is 0.244 e. The van der Waals surface area contributed by atoms with Crippen molar-refractivity contribution >= 4 is 21.6 Å². The molecule has 0 radical (unpaired) electrons. The number of rotatable bonds is 4. The SMILES string of the molecule is Cc1ccc(CNS(=O)(=O)c2cnccc2Cl)o1. The Morgan fingerprint density at radius 2 is 2.17 bits per heavy atom. The normalized spacial score (nSPS) is 11.7. The molecule has 0 fully saturated rings. The fourth-order valence-corrected chi connectivity index (χ4v) is 2.81. The number of pyridine rings is 1. The first-order valence-corrected chi connectivity index (χ1v) is 6.99. The van der Waals surface area contributed by atoms with Crippen LogP contribution in [0.5, 0.6) is 0 Å². The molecule has 0 aliphatic carbocycles. The molecule has 0 atom stereocenters. The van der Waals surface area contributed by atoms with Crippen molar-refractivity contribution in [3.63, 3.8) is 0 Å².